The van der Waals surface area contributed by atoms with Crippen molar-refractivity contribution in [3.05, 3.63) is 35.9 Å². The third-order valence-electron chi connectivity index (χ3n) is 3.63. The Morgan fingerprint density at radius 3 is 2.71 bits per heavy atom. The van der Waals surface area contributed by atoms with Crippen molar-refractivity contribution in [2.24, 2.45) is 0 Å². The maximum absolute atomic E-state index is 12.1. The van der Waals surface area contributed by atoms with Gasteiger partial charge in [0.05, 0.1) is 45.1 Å². The smallest absolute Gasteiger partial charge is 0.223 e. The molecule has 0 bridgehead atoms. The molecular formula is C16H23NO4. The van der Waals surface area contributed by atoms with Gasteiger partial charge in [0.2, 0.25) is 5.91 Å². The van der Waals surface area contributed by atoms with E-state index in [2.05, 4.69) is 0 Å². The van der Waals surface area contributed by atoms with Crippen molar-refractivity contribution in [1.29, 1.82) is 0 Å². The highest BCUT2D eigenvalue weighted by Crippen LogP contribution is 2.16. The van der Waals surface area contributed by atoms with Crippen LogP contribution in [0.1, 0.15) is 18.9 Å². The maximum atomic E-state index is 12.1. The summed E-state index contributed by atoms with van der Waals surface area (Å²) in [6, 6.07) is 9.51. The lowest BCUT2D eigenvalue weighted by Gasteiger charge is -2.41. The molecule has 2 atom stereocenters. The molecule has 5 heteroatoms. The minimum absolute atomic E-state index is 0.0330. The third-order valence-corrected chi connectivity index (χ3v) is 3.63. The van der Waals surface area contributed by atoms with E-state index in [0.717, 1.165) is 5.56 Å². The summed E-state index contributed by atoms with van der Waals surface area (Å²) < 4.78 is 11.2. The van der Waals surface area contributed by atoms with Crippen molar-refractivity contribution < 1.29 is 19.4 Å². The molecule has 0 unspecified atom stereocenters. The number of hydrogen-bond acceptors (Lipinski definition) is 4. The van der Waals surface area contributed by atoms with Crippen LogP contribution in [0.25, 0.3) is 0 Å². The molecule has 0 spiro atoms. The number of hydrogen-bond donors (Lipinski definition) is 1. The van der Waals surface area contributed by atoms with Crippen LogP contribution in [0.2, 0.25) is 0 Å². The zero-order chi connectivity index (χ0) is 15.1. The molecule has 0 saturated carbocycles. The summed E-state index contributed by atoms with van der Waals surface area (Å²) in [5.41, 5.74) is 1.10. The Labute approximate surface area is 125 Å². The van der Waals surface area contributed by atoms with Gasteiger partial charge in [0.1, 0.15) is 0 Å². The molecule has 1 N–H and O–H groups in total. The highest BCUT2D eigenvalue weighted by Gasteiger charge is 2.33. The lowest BCUT2D eigenvalue weighted by atomic mass is 10.1. The van der Waals surface area contributed by atoms with E-state index in [-0.39, 0.29) is 24.6 Å². The van der Waals surface area contributed by atoms with E-state index < -0.39 is 0 Å². The molecule has 0 aromatic heterocycles. The topological polar surface area (TPSA) is 59.0 Å². The van der Waals surface area contributed by atoms with Gasteiger partial charge in [-0.05, 0) is 5.56 Å². The number of morpholine rings is 1. The van der Waals surface area contributed by atoms with Gasteiger partial charge >= 0.3 is 0 Å². The standard InChI is InChI=1S/C16H23NO4/c1-2-16(19)17-14(8-18)10-21-12-15(17)11-20-9-13-6-4-3-5-7-13/h3-7,14-15,18H,2,8-12H2,1H3/t14-,15-/m0/s1. The molecule has 21 heavy (non-hydrogen) atoms. The van der Waals surface area contributed by atoms with Crippen molar-refractivity contribution in [1.82, 2.24) is 4.90 Å². The number of rotatable bonds is 6. The second-order valence-electron chi connectivity index (χ2n) is 5.18. The third kappa shape index (κ3) is 4.27. The van der Waals surface area contributed by atoms with E-state index >= 15 is 0 Å². The zero-order valence-corrected chi connectivity index (χ0v) is 12.4. The van der Waals surface area contributed by atoms with Crippen LogP contribution in [0, 0.1) is 0 Å². The van der Waals surface area contributed by atoms with Crippen molar-refractivity contribution in [3.63, 3.8) is 0 Å². The molecule has 1 aliphatic rings. The van der Waals surface area contributed by atoms with E-state index in [1.807, 2.05) is 37.3 Å². The lowest BCUT2D eigenvalue weighted by Crippen LogP contribution is -2.57. The van der Waals surface area contributed by atoms with Crippen LogP contribution in [0.3, 0.4) is 0 Å². The maximum Gasteiger partial charge on any atom is 0.223 e. The molecule has 2 rings (SSSR count). The van der Waals surface area contributed by atoms with Crippen LogP contribution in [0.5, 0.6) is 0 Å². The molecule has 1 fully saturated rings. The van der Waals surface area contributed by atoms with Crippen LogP contribution in [0.4, 0.5) is 0 Å². The Kier molecular flexibility index (Phi) is 6.17. The molecular weight excluding hydrogens is 270 g/mol. The van der Waals surface area contributed by atoms with E-state index in [1.165, 1.54) is 0 Å². The van der Waals surface area contributed by atoms with Gasteiger partial charge in [0, 0.05) is 6.42 Å². The molecule has 1 aromatic carbocycles. The minimum atomic E-state index is -0.267. The van der Waals surface area contributed by atoms with Gasteiger partial charge in [0.25, 0.3) is 0 Å². The second-order valence-corrected chi connectivity index (χ2v) is 5.18. The highest BCUT2D eigenvalue weighted by molar-refractivity contribution is 5.76. The van der Waals surface area contributed by atoms with Gasteiger partial charge in [-0.15, -0.1) is 0 Å². The van der Waals surface area contributed by atoms with Gasteiger partial charge < -0.3 is 19.5 Å². The van der Waals surface area contributed by atoms with Crippen molar-refractivity contribution in [3.8, 4) is 0 Å². The fraction of sp³-hybridized carbons (Fsp3) is 0.562. The fourth-order valence-electron chi connectivity index (χ4n) is 2.54. The SMILES string of the molecule is CCC(=O)N1[C@@H](COCc2ccccc2)COC[C@@H]1CO. The largest absolute Gasteiger partial charge is 0.394 e. The number of nitrogens with zero attached hydrogens (tertiary/aromatic N) is 1. The summed E-state index contributed by atoms with van der Waals surface area (Å²) >= 11 is 0. The Balaban J connectivity index is 1.91. The Hall–Kier alpha value is -1.43. The van der Waals surface area contributed by atoms with Gasteiger partial charge in [-0.2, -0.15) is 0 Å². The monoisotopic (exact) mass is 293 g/mol. The molecule has 0 aliphatic carbocycles. The average Bonchev–Trinajstić information content (AvgIpc) is 2.54. The first kappa shape index (κ1) is 15.9. The number of aliphatic hydroxyl groups is 1. The molecule has 1 saturated heterocycles. The summed E-state index contributed by atoms with van der Waals surface area (Å²) in [7, 11) is 0. The number of ether oxygens (including phenoxy) is 2. The summed E-state index contributed by atoms with van der Waals surface area (Å²) in [5, 5.41) is 9.41. The summed E-state index contributed by atoms with van der Waals surface area (Å²) in [4.78, 5) is 13.8. The van der Waals surface area contributed by atoms with Crippen LogP contribution in [0.15, 0.2) is 30.3 Å². The predicted octanol–water partition coefficient (Wildman–Crippen LogP) is 1.20. The van der Waals surface area contributed by atoms with Crippen LogP contribution in [-0.2, 0) is 20.9 Å². The van der Waals surface area contributed by atoms with Gasteiger partial charge in [0.15, 0.2) is 0 Å². The quantitative estimate of drug-likeness (QED) is 0.856. The Morgan fingerprint density at radius 2 is 2.05 bits per heavy atom. The Morgan fingerprint density at radius 1 is 1.33 bits per heavy atom. The zero-order valence-electron chi connectivity index (χ0n) is 12.4. The summed E-state index contributed by atoms with van der Waals surface area (Å²) in [6.07, 6.45) is 0.422. The number of amides is 1. The second kappa shape index (κ2) is 8.12. The molecule has 1 amide bonds. The normalized spacial score (nSPS) is 22.3. The lowest BCUT2D eigenvalue weighted by molar-refractivity contribution is -0.152. The molecule has 116 valence electrons. The summed E-state index contributed by atoms with van der Waals surface area (Å²) in [5.74, 6) is 0.0330. The number of carbonyl (C=O) groups is 1. The first-order chi connectivity index (χ1) is 10.3. The van der Waals surface area contributed by atoms with Crippen LogP contribution in [-0.4, -0.2) is 54.4 Å². The predicted molar refractivity (Wildman–Crippen MR) is 78.7 cm³/mol. The number of aliphatic hydroxyl groups excluding tert-OH is 1. The average molecular weight is 293 g/mol. The molecule has 5 nitrogen and oxygen atoms in total. The van der Waals surface area contributed by atoms with Gasteiger partial charge in [-0.3, -0.25) is 4.79 Å². The van der Waals surface area contributed by atoms with Crippen LogP contribution < -0.4 is 0 Å². The Bertz CT molecular complexity index is 437. The van der Waals surface area contributed by atoms with Crippen molar-refractivity contribution >= 4 is 5.91 Å². The van der Waals surface area contributed by atoms with Crippen LogP contribution >= 0.6 is 0 Å². The molecule has 0 radical (unpaired) electrons. The van der Waals surface area contributed by atoms with Crippen molar-refractivity contribution in [2.75, 3.05) is 26.4 Å². The van der Waals surface area contributed by atoms with E-state index in [0.29, 0.717) is 32.8 Å². The molecule has 1 aromatic rings. The van der Waals surface area contributed by atoms with Gasteiger partial charge in [-0.1, -0.05) is 37.3 Å². The highest BCUT2D eigenvalue weighted by atomic mass is 16.5. The fourth-order valence-corrected chi connectivity index (χ4v) is 2.54. The number of carbonyl (C=O) groups excluding carboxylic acids is 1. The van der Waals surface area contributed by atoms with E-state index in [9.17, 15) is 9.90 Å². The molecule has 1 heterocycles. The minimum Gasteiger partial charge on any atom is -0.394 e. The summed E-state index contributed by atoms with van der Waals surface area (Å²) in [6.45, 7) is 3.51. The number of benzene rings is 1. The first-order valence-electron chi connectivity index (χ1n) is 7.37. The van der Waals surface area contributed by atoms with Crippen molar-refractivity contribution in [2.45, 2.75) is 32.0 Å². The van der Waals surface area contributed by atoms with E-state index in [1.54, 1.807) is 4.90 Å². The first-order valence-corrected chi connectivity index (χ1v) is 7.37. The molecule has 1 aliphatic heterocycles. The van der Waals surface area contributed by atoms with E-state index in [4.69, 9.17) is 9.47 Å². The van der Waals surface area contributed by atoms with Gasteiger partial charge in [-0.25, -0.2) is 0 Å².